The van der Waals surface area contributed by atoms with E-state index in [0.29, 0.717) is 23.1 Å². The fourth-order valence-electron chi connectivity index (χ4n) is 5.25. The van der Waals surface area contributed by atoms with Gasteiger partial charge in [0.1, 0.15) is 5.58 Å². The fourth-order valence-corrected chi connectivity index (χ4v) is 5.25. The van der Waals surface area contributed by atoms with E-state index in [1.807, 2.05) is 60.8 Å². The van der Waals surface area contributed by atoms with E-state index >= 15 is 0 Å². The Balaban J connectivity index is 1.41. The van der Waals surface area contributed by atoms with Gasteiger partial charge in [-0.1, -0.05) is 91.0 Å². The van der Waals surface area contributed by atoms with Crippen LogP contribution in [0.3, 0.4) is 0 Å². The normalized spacial score (nSPS) is 11.6. The Morgan fingerprint density at radius 2 is 1.10 bits per heavy atom. The highest BCUT2D eigenvalue weighted by Gasteiger charge is 2.19. The van der Waals surface area contributed by atoms with Crippen molar-refractivity contribution in [3.63, 3.8) is 0 Å². The van der Waals surface area contributed by atoms with Crippen molar-refractivity contribution in [3.8, 4) is 34.2 Å². The van der Waals surface area contributed by atoms with Crippen molar-refractivity contribution in [2.24, 2.45) is 0 Å². The van der Waals surface area contributed by atoms with E-state index in [0.717, 1.165) is 49.2 Å². The van der Waals surface area contributed by atoms with Gasteiger partial charge in [0.25, 0.3) is 0 Å². The topological polar surface area (TPSA) is 64.7 Å². The highest BCUT2D eigenvalue weighted by molar-refractivity contribution is 6.14. The second kappa shape index (κ2) is 8.57. The zero-order valence-corrected chi connectivity index (χ0v) is 20.7. The number of rotatable bonds is 3. The predicted octanol–water partition coefficient (Wildman–Crippen LogP) is 8.47. The minimum atomic E-state index is 0.556. The molecule has 0 saturated heterocycles. The maximum Gasteiger partial charge on any atom is 0.166 e. The molecule has 5 aromatic carbocycles. The second-order valence-electron chi connectivity index (χ2n) is 9.59. The molecule has 39 heavy (non-hydrogen) atoms. The lowest BCUT2D eigenvalue weighted by atomic mass is 10.0. The first-order chi connectivity index (χ1) is 19.3. The smallest absolute Gasteiger partial charge is 0.166 e. The molecule has 8 aromatic rings. The van der Waals surface area contributed by atoms with Crippen LogP contribution >= 0.6 is 0 Å². The van der Waals surface area contributed by atoms with Gasteiger partial charge in [0.05, 0.1) is 6.20 Å². The molecule has 0 spiro atoms. The molecule has 0 bridgehead atoms. The van der Waals surface area contributed by atoms with Crippen LogP contribution in [-0.4, -0.2) is 19.9 Å². The summed E-state index contributed by atoms with van der Waals surface area (Å²) >= 11 is 0. The molecule has 5 heteroatoms. The molecule has 0 unspecified atom stereocenters. The average molecular weight is 501 g/mol. The number of hydrogen-bond acceptors (Lipinski definition) is 5. The Kier molecular flexibility index (Phi) is 4.76. The summed E-state index contributed by atoms with van der Waals surface area (Å²) in [4.78, 5) is 19.4. The highest BCUT2D eigenvalue weighted by Crippen LogP contribution is 2.37. The number of aromatic nitrogens is 4. The number of nitrogens with zero attached hydrogens (tertiary/aromatic N) is 4. The number of benzene rings is 5. The molecule has 0 radical (unpaired) electrons. The molecule has 3 aromatic heterocycles. The Labute approximate surface area is 223 Å². The summed E-state index contributed by atoms with van der Waals surface area (Å²) in [6.07, 6.45) is 3.58. The molecule has 3 heterocycles. The molecule has 0 aliphatic carbocycles. The monoisotopic (exact) mass is 500 g/mol. The lowest BCUT2D eigenvalue weighted by Crippen LogP contribution is -2.00. The Bertz CT molecular complexity index is 2180. The van der Waals surface area contributed by atoms with Crippen molar-refractivity contribution in [1.82, 2.24) is 19.9 Å². The van der Waals surface area contributed by atoms with E-state index in [4.69, 9.17) is 19.4 Å². The van der Waals surface area contributed by atoms with Crippen LogP contribution in [-0.2, 0) is 0 Å². The fraction of sp³-hybridized carbons (Fsp3) is 0. The van der Waals surface area contributed by atoms with Crippen LogP contribution in [0.1, 0.15) is 0 Å². The van der Waals surface area contributed by atoms with E-state index < -0.39 is 0 Å². The molecule has 0 atom stereocenters. The summed E-state index contributed by atoms with van der Waals surface area (Å²) in [5.41, 5.74) is 4.17. The number of pyridine rings is 1. The number of hydrogen-bond donors (Lipinski definition) is 0. The van der Waals surface area contributed by atoms with Crippen molar-refractivity contribution in [1.29, 1.82) is 0 Å². The Morgan fingerprint density at radius 1 is 0.462 bits per heavy atom. The van der Waals surface area contributed by atoms with E-state index in [1.165, 1.54) is 5.39 Å². The van der Waals surface area contributed by atoms with Gasteiger partial charge in [0, 0.05) is 33.7 Å². The van der Waals surface area contributed by atoms with Gasteiger partial charge in [0.2, 0.25) is 0 Å². The summed E-state index contributed by atoms with van der Waals surface area (Å²) in [5, 5.41) is 6.53. The molecule has 0 aliphatic heterocycles. The van der Waals surface area contributed by atoms with Crippen LogP contribution < -0.4 is 0 Å². The molecule has 0 amide bonds. The van der Waals surface area contributed by atoms with Crippen LogP contribution in [0.4, 0.5) is 0 Å². The van der Waals surface area contributed by atoms with Gasteiger partial charge in [-0.15, -0.1) is 0 Å². The molecule has 182 valence electrons. The van der Waals surface area contributed by atoms with Crippen molar-refractivity contribution in [3.05, 3.63) is 122 Å². The van der Waals surface area contributed by atoms with Gasteiger partial charge in [-0.25, -0.2) is 15.0 Å². The standard InChI is InChI=1S/C34H20N4O/c1-2-9-22(10-3-1)32-36-33(26-15-14-21-8-4-5-11-23(21)16-26)38-34(37-32)28-19-35-20-30-31(28)27-17-24-12-6-7-13-25(24)18-29(27)39-30/h1-20H. The number of furan rings is 1. The quantitative estimate of drug-likeness (QED) is 0.243. The minimum absolute atomic E-state index is 0.556. The van der Waals surface area contributed by atoms with Crippen molar-refractivity contribution in [2.75, 3.05) is 0 Å². The summed E-state index contributed by atoms with van der Waals surface area (Å²) in [6.45, 7) is 0. The zero-order chi connectivity index (χ0) is 25.8. The summed E-state index contributed by atoms with van der Waals surface area (Å²) in [5.74, 6) is 1.78. The second-order valence-corrected chi connectivity index (χ2v) is 9.59. The third-order valence-electron chi connectivity index (χ3n) is 7.16. The molecule has 5 nitrogen and oxygen atoms in total. The van der Waals surface area contributed by atoms with Gasteiger partial charge in [-0.3, -0.25) is 4.98 Å². The molecular weight excluding hydrogens is 480 g/mol. The summed E-state index contributed by atoms with van der Waals surface area (Å²) in [6, 6.07) is 37.1. The van der Waals surface area contributed by atoms with Gasteiger partial charge in [0.15, 0.2) is 23.1 Å². The van der Waals surface area contributed by atoms with Crippen LogP contribution in [0.25, 0.3) is 77.6 Å². The minimum Gasteiger partial charge on any atom is -0.454 e. The van der Waals surface area contributed by atoms with Crippen molar-refractivity contribution >= 4 is 43.5 Å². The summed E-state index contributed by atoms with van der Waals surface area (Å²) in [7, 11) is 0. The van der Waals surface area contributed by atoms with Gasteiger partial charge in [-0.05, 0) is 39.7 Å². The maximum absolute atomic E-state index is 6.27. The van der Waals surface area contributed by atoms with Crippen molar-refractivity contribution < 1.29 is 4.42 Å². The summed E-state index contributed by atoms with van der Waals surface area (Å²) < 4.78 is 6.27. The van der Waals surface area contributed by atoms with E-state index in [9.17, 15) is 0 Å². The zero-order valence-electron chi connectivity index (χ0n) is 20.7. The Hall–Kier alpha value is -5.42. The van der Waals surface area contributed by atoms with Crippen molar-refractivity contribution in [2.45, 2.75) is 0 Å². The third kappa shape index (κ3) is 3.63. The third-order valence-corrected chi connectivity index (χ3v) is 7.16. The van der Waals surface area contributed by atoms with Gasteiger partial charge in [-0.2, -0.15) is 0 Å². The van der Waals surface area contributed by atoms with E-state index in [1.54, 1.807) is 6.20 Å². The first-order valence-corrected chi connectivity index (χ1v) is 12.8. The first-order valence-electron chi connectivity index (χ1n) is 12.8. The molecule has 8 rings (SSSR count). The van der Waals surface area contributed by atoms with Crippen LogP contribution in [0.2, 0.25) is 0 Å². The molecule has 0 fully saturated rings. The van der Waals surface area contributed by atoms with Crippen LogP contribution in [0.5, 0.6) is 0 Å². The lowest BCUT2D eigenvalue weighted by Gasteiger charge is -2.09. The SMILES string of the molecule is c1ccc(-c2nc(-c3ccc4ccccc4c3)nc(-c3cncc4oc5cc6ccccc6cc5c34)n2)cc1. The van der Waals surface area contributed by atoms with Crippen LogP contribution in [0.15, 0.2) is 126 Å². The Morgan fingerprint density at radius 3 is 1.90 bits per heavy atom. The van der Waals surface area contributed by atoms with E-state index in [2.05, 4.69) is 59.6 Å². The first kappa shape index (κ1) is 21.6. The molecular formula is C34H20N4O. The largest absolute Gasteiger partial charge is 0.454 e. The average Bonchev–Trinajstić information content (AvgIpc) is 3.37. The van der Waals surface area contributed by atoms with E-state index in [-0.39, 0.29) is 0 Å². The molecule has 0 aliphatic rings. The van der Waals surface area contributed by atoms with Gasteiger partial charge >= 0.3 is 0 Å². The number of fused-ring (bicyclic) bond motifs is 5. The predicted molar refractivity (Wildman–Crippen MR) is 156 cm³/mol. The molecule has 0 saturated carbocycles. The maximum atomic E-state index is 6.27. The molecule has 0 N–H and O–H groups in total. The van der Waals surface area contributed by atoms with Gasteiger partial charge < -0.3 is 4.42 Å². The van der Waals surface area contributed by atoms with Crippen LogP contribution in [0, 0.1) is 0 Å². The lowest BCUT2D eigenvalue weighted by molar-refractivity contribution is 0.667. The highest BCUT2D eigenvalue weighted by atomic mass is 16.3.